The van der Waals surface area contributed by atoms with Crippen LogP contribution in [0.25, 0.3) is 0 Å². The van der Waals surface area contributed by atoms with Crippen LogP contribution in [0.3, 0.4) is 0 Å². The van der Waals surface area contributed by atoms with Crippen LogP contribution in [0.1, 0.15) is 25.5 Å². The van der Waals surface area contributed by atoms with Crippen molar-refractivity contribution in [2.45, 2.75) is 30.3 Å². The van der Waals surface area contributed by atoms with E-state index in [9.17, 15) is 4.79 Å². The minimum absolute atomic E-state index is 0.0764. The van der Waals surface area contributed by atoms with Gasteiger partial charge in [-0.1, -0.05) is 65.8 Å². The Kier molecular flexibility index (Phi) is 5.96. The van der Waals surface area contributed by atoms with E-state index in [4.69, 9.17) is 11.6 Å². The van der Waals surface area contributed by atoms with Crippen LogP contribution in [-0.4, -0.2) is 25.9 Å². The predicted molar refractivity (Wildman–Crippen MR) is 106 cm³/mol. The second kappa shape index (κ2) is 8.38. The van der Waals surface area contributed by atoms with Gasteiger partial charge >= 0.3 is 0 Å². The van der Waals surface area contributed by atoms with Gasteiger partial charge in [-0.05, 0) is 31.5 Å². The van der Waals surface area contributed by atoms with Gasteiger partial charge in [-0.3, -0.25) is 4.79 Å². The normalized spacial score (nSPS) is 13.2. The number of carbonyl (C=O) groups excluding carboxylic acids is 1. The Hall–Kier alpha value is -2.31. The maximum Gasteiger partial charge on any atom is 0.237 e. The highest BCUT2D eigenvalue weighted by Crippen LogP contribution is 2.28. The largest absolute Gasteiger partial charge is 0.324 e. The highest BCUT2D eigenvalue weighted by molar-refractivity contribution is 8.00. The number of nitrogens with one attached hydrogen (secondary N) is 1. The van der Waals surface area contributed by atoms with Crippen molar-refractivity contribution >= 4 is 35.0 Å². The molecule has 2 aromatic carbocycles. The van der Waals surface area contributed by atoms with Gasteiger partial charge in [0.05, 0.1) is 22.0 Å². The Morgan fingerprint density at radius 3 is 2.54 bits per heavy atom. The molecule has 0 unspecified atom stereocenters. The molecule has 1 N–H and O–H groups in total. The van der Waals surface area contributed by atoms with E-state index in [1.807, 2.05) is 41.8 Å². The smallest absolute Gasteiger partial charge is 0.237 e. The van der Waals surface area contributed by atoms with Gasteiger partial charge in [-0.25, -0.2) is 0 Å². The lowest BCUT2D eigenvalue weighted by molar-refractivity contribution is -0.115. The molecule has 0 aliphatic carbocycles. The van der Waals surface area contributed by atoms with Gasteiger partial charge in [0.25, 0.3) is 0 Å². The summed E-state index contributed by atoms with van der Waals surface area (Å²) in [6.07, 6.45) is 1.69. The Morgan fingerprint density at radius 1 is 1.12 bits per heavy atom. The summed E-state index contributed by atoms with van der Waals surface area (Å²) in [5, 5.41) is 11.9. The summed E-state index contributed by atoms with van der Waals surface area (Å²) in [5.74, 6) is -0.134. The molecule has 3 aromatic rings. The fourth-order valence-corrected chi connectivity index (χ4v) is 3.57. The van der Waals surface area contributed by atoms with Crippen molar-refractivity contribution in [3.63, 3.8) is 0 Å². The predicted octanol–water partition coefficient (Wildman–Crippen LogP) is 4.66. The number of rotatable bonds is 6. The van der Waals surface area contributed by atoms with E-state index >= 15 is 0 Å². The van der Waals surface area contributed by atoms with Gasteiger partial charge in [0, 0.05) is 0 Å². The van der Waals surface area contributed by atoms with E-state index in [0.29, 0.717) is 15.9 Å². The third kappa shape index (κ3) is 4.26. The number of anilines is 1. The molecule has 1 aromatic heterocycles. The second-order valence-corrected chi connectivity index (χ2v) is 7.55. The van der Waals surface area contributed by atoms with Gasteiger partial charge < -0.3 is 9.88 Å². The van der Waals surface area contributed by atoms with E-state index in [-0.39, 0.29) is 17.2 Å². The van der Waals surface area contributed by atoms with Crippen molar-refractivity contribution in [3.05, 3.63) is 71.5 Å². The van der Waals surface area contributed by atoms with Crippen molar-refractivity contribution in [1.82, 2.24) is 14.8 Å². The fraction of sp³-hybridized carbons (Fsp3) is 0.211. The number of hydrogen-bond donors (Lipinski definition) is 1. The van der Waals surface area contributed by atoms with Gasteiger partial charge in [-0.15, -0.1) is 10.2 Å². The zero-order chi connectivity index (χ0) is 18.5. The monoisotopic (exact) mass is 386 g/mol. The standard InChI is InChI=1S/C19H19ClN4OS/c1-13(15-8-4-3-5-9-15)24-12-21-23-19(24)26-14(2)18(25)22-17-11-7-6-10-16(17)20/h3-14H,1-2H3,(H,22,25)/t13-,14-/m0/s1. The molecule has 5 nitrogen and oxygen atoms in total. The molecular weight excluding hydrogens is 368 g/mol. The minimum Gasteiger partial charge on any atom is -0.324 e. The molecular formula is C19H19ClN4OS. The minimum atomic E-state index is -0.350. The van der Waals surface area contributed by atoms with Gasteiger partial charge in [-0.2, -0.15) is 0 Å². The van der Waals surface area contributed by atoms with E-state index < -0.39 is 0 Å². The molecule has 0 saturated heterocycles. The zero-order valence-corrected chi connectivity index (χ0v) is 16.0. The molecule has 2 atom stereocenters. The van der Waals surface area contributed by atoms with Gasteiger partial charge in [0.2, 0.25) is 5.91 Å². The summed E-state index contributed by atoms with van der Waals surface area (Å²) in [7, 11) is 0. The molecule has 3 rings (SSSR count). The third-order valence-electron chi connectivity index (χ3n) is 4.02. The van der Waals surface area contributed by atoms with E-state index in [2.05, 4.69) is 34.6 Å². The van der Waals surface area contributed by atoms with Crippen LogP contribution in [-0.2, 0) is 4.79 Å². The van der Waals surface area contributed by atoms with Crippen molar-refractivity contribution in [1.29, 1.82) is 0 Å². The van der Waals surface area contributed by atoms with Crippen LogP contribution in [0.4, 0.5) is 5.69 Å². The number of benzene rings is 2. The summed E-state index contributed by atoms with van der Waals surface area (Å²) in [5.41, 5.74) is 1.76. The van der Waals surface area contributed by atoms with Crippen LogP contribution in [0.2, 0.25) is 5.02 Å². The van der Waals surface area contributed by atoms with Crippen LogP contribution in [0.5, 0.6) is 0 Å². The Balaban J connectivity index is 1.70. The van der Waals surface area contributed by atoms with Gasteiger partial charge in [0.15, 0.2) is 5.16 Å². The first-order valence-electron chi connectivity index (χ1n) is 8.22. The molecule has 1 amide bonds. The first kappa shape index (κ1) is 18.5. The zero-order valence-electron chi connectivity index (χ0n) is 14.5. The van der Waals surface area contributed by atoms with Crippen LogP contribution in [0, 0.1) is 0 Å². The van der Waals surface area contributed by atoms with E-state index in [0.717, 1.165) is 5.56 Å². The second-order valence-electron chi connectivity index (χ2n) is 5.84. The first-order valence-corrected chi connectivity index (χ1v) is 9.48. The molecule has 0 spiro atoms. The van der Waals surface area contributed by atoms with E-state index in [1.54, 1.807) is 18.5 Å². The summed E-state index contributed by atoms with van der Waals surface area (Å²) < 4.78 is 1.97. The van der Waals surface area contributed by atoms with Crippen LogP contribution < -0.4 is 5.32 Å². The number of nitrogens with zero attached hydrogens (tertiary/aromatic N) is 3. The molecule has 26 heavy (non-hydrogen) atoms. The van der Waals surface area contributed by atoms with Crippen molar-refractivity contribution < 1.29 is 4.79 Å². The molecule has 7 heteroatoms. The number of amides is 1. The molecule has 0 aliphatic rings. The lowest BCUT2D eigenvalue weighted by atomic mass is 10.1. The summed E-state index contributed by atoms with van der Waals surface area (Å²) >= 11 is 7.47. The number of thioether (sulfide) groups is 1. The highest BCUT2D eigenvalue weighted by atomic mass is 35.5. The summed E-state index contributed by atoms with van der Waals surface area (Å²) in [6.45, 7) is 3.92. The summed E-state index contributed by atoms with van der Waals surface area (Å²) in [6, 6.07) is 17.4. The molecule has 0 fully saturated rings. The Labute approximate surface area is 161 Å². The number of para-hydroxylation sites is 1. The molecule has 0 radical (unpaired) electrons. The molecule has 134 valence electrons. The van der Waals surface area contributed by atoms with Crippen molar-refractivity contribution in [3.8, 4) is 0 Å². The highest BCUT2D eigenvalue weighted by Gasteiger charge is 2.20. The number of carbonyl (C=O) groups is 1. The first-order chi connectivity index (χ1) is 12.6. The Morgan fingerprint density at radius 2 is 1.81 bits per heavy atom. The quantitative estimate of drug-likeness (QED) is 0.626. The van der Waals surface area contributed by atoms with Crippen molar-refractivity contribution in [2.75, 3.05) is 5.32 Å². The van der Waals surface area contributed by atoms with Gasteiger partial charge in [0.1, 0.15) is 6.33 Å². The Bertz CT molecular complexity index is 884. The average Bonchev–Trinajstić information content (AvgIpc) is 3.11. The fourth-order valence-electron chi connectivity index (χ4n) is 2.48. The molecule has 0 saturated carbocycles. The van der Waals surface area contributed by atoms with E-state index in [1.165, 1.54) is 11.8 Å². The molecule has 0 aliphatic heterocycles. The lowest BCUT2D eigenvalue weighted by Gasteiger charge is -2.17. The number of halogens is 1. The SMILES string of the molecule is C[C@H](Sc1nncn1[C@@H](C)c1ccccc1)C(=O)Nc1ccccc1Cl. The topological polar surface area (TPSA) is 59.8 Å². The number of aromatic nitrogens is 3. The van der Waals surface area contributed by atoms with Crippen LogP contribution >= 0.6 is 23.4 Å². The number of hydrogen-bond acceptors (Lipinski definition) is 4. The lowest BCUT2D eigenvalue weighted by Crippen LogP contribution is -2.23. The maximum atomic E-state index is 12.5. The average molecular weight is 387 g/mol. The third-order valence-corrected chi connectivity index (χ3v) is 5.42. The van der Waals surface area contributed by atoms with Crippen LogP contribution in [0.15, 0.2) is 66.1 Å². The molecule has 1 heterocycles. The van der Waals surface area contributed by atoms with Crippen molar-refractivity contribution in [2.24, 2.45) is 0 Å². The molecule has 0 bridgehead atoms. The maximum absolute atomic E-state index is 12.5. The summed E-state index contributed by atoms with van der Waals surface area (Å²) in [4.78, 5) is 12.5.